The Morgan fingerprint density at radius 1 is 1.05 bits per heavy atom. The lowest BCUT2D eigenvalue weighted by Gasteiger charge is -2.25. The maximum Gasteiger partial charge on any atom is 0.338 e. The number of aromatic nitrogens is 1. The van der Waals surface area contributed by atoms with Gasteiger partial charge in [0.2, 0.25) is 0 Å². The molecule has 2 aromatic carbocycles. The lowest BCUT2D eigenvalue weighted by atomic mass is 9.95. The molecule has 0 bridgehead atoms. The highest BCUT2D eigenvalue weighted by Gasteiger charge is 2.34. The summed E-state index contributed by atoms with van der Waals surface area (Å²) in [7, 11) is 1.55. The fourth-order valence-electron chi connectivity index (χ4n) is 4.57. The van der Waals surface area contributed by atoms with E-state index in [9.17, 15) is 14.4 Å². The van der Waals surface area contributed by atoms with Crippen LogP contribution in [0.25, 0.3) is 6.08 Å². The highest BCUT2D eigenvalue weighted by molar-refractivity contribution is 14.1. The summed E-state index contributed by atoms with van der Waals surface area (Å²) in [5, 5.41) is 0. The average molecular weight is 707 g/mol. The largest absolute Gasteiger partial charge is 0.493 e. The third-order valence-electron chi connectivity index (χ3n) is 6.20. The molecule has 2 heterocycles. The predicted octanol–water partition coefficient (Wildman–Crippen LogP) is 4.13. The maximum absolute atomic E-state index is 14.0. The molecule has 0 saturated heterocycles. The van der Waals surface area contributed by atoms with Crippen molar-refractivity contribution < 1.29 is 33.3 Å². The molecule has 1 aliphatic rings. The van der Waals surface area contributed by atoms with E-state index >= 15 is 0 Å². The first kappa shape index (κ1) is 31.3. The van der Waals surface area contributed by atoms with Crippen molar-refractivity contribution in [1.29, 1.82) is 0 Å². The summed E-state index contributed by atoms with van der Waals surface area (Å²) in [6, 6.07) is 8.02. The zero-order chi connectivity index (χ0) is 30.6. The first-order valence-electron chi connectivity index (χ1n) is 13.3. The van der Waals surface area contributed by atoms with E-state index in [4.69, 9.17) is 23.7 Å². The molecule has 1 aliphatic heterocycles. The molecule has 3 aromatic rings. The summed E-state index contributed by atoms with van der Waals surface area (Å²) < 4.78 is 30.3. The van der Waals surface area contributed by atoms with Gasteiger partial charge in [0.15, 0.2) is 27.8 Å². The SMILES string of the molecule is CCOC(=O)C1=C(C)N=c2s/c(=C\c3cc(I)c(OC(C)=O)c(OCC)c3)c(=O)n2[C@@H]1c1ccc(OC)c(OCC)c1. The van der Waals surface area contributed by atoms with Gasteiger partial charge in [-0.1, -0.05) is 17.4 Å². The number of benzene rings is 2. The fraction of sp³-hybridized carbons (Fsp3) is 0.333. The van der Waals surface area contributed by atoms with Gasteiger partial charge in [0, 0.05) is 6.92 Å². The Balaban J connectivity index is 1.94. The Morgan fingerprint density at radius 2 is 1.76 bits per heavy atom. The molecule has 0 N–H and O–H groups in total. The Kier molecular flexibility index (Phi) is 10.1. The van der Waals surface area contributed by atoms with Gasteiger partial charge in [-0.3, -0.25) is 14.2 Å². The number of hydrogen-bond acceptors (Lipinski definition) is 10. The molecule has 222 valence electrons. The number of nitrogens with zero attached hydrogens (tertiary/aromatic N) is 2. The molecule has 0 unspecified atom stereocenters. The van der Waals surface area contributed by atoms with Crippen molar-refractivity contribution in [2.45, 2.75) is 40.7 Å². The highest BCUT2D eigenvalue weighted by atomic mass is 127. The second-order valence-corrected chi connectivity index (χ2v) is 11.2. The molecule has 4 rings (SSSR count). The molecule has 0 saturated carbocycles. The van der Waals surface area contributed by atoms with E-state index in [1.54, 1.807) is 57.4 Å². The first-order valence-corrected chi connectivity index (χ1v) is 15.2. The van der Waals surface area contributed by atoms with E-state index in [2.05, 4.69) is 27.6 Å². The van der Waals surface area contributed by atoms with Gasteiger partial charge in [-0.25, -0.2) is 9.79 Å². The van der Waals surface area contributed by atoms with Crippen LogP contribution in [-0.4, -0.2) is 43.4 Å². The van der Waals surface area contributed by atoms with Crippen LogP contribution < -0.4 is 33.8 Å². The number of ether oxygens (including phenoxy) is 5. The second kappa shape index (κ2) is 13.6. The molecular weight excluding hydrogens is 675 g/mol. The fourth-order valence-corrected chi connectivity index (χ4v) is 6.35. The lowest BCUT2D eigenvalue weighted by Crippen LogP contribution is -2.40. The van der Waals surface area contributed by atoms with Crippen LogP contribution in [0.5, 0.6) is 23.0 Å². The number of carbonyl (C=O) groups excluding carboxylic acids is 2. The molecule has 0 aliphatic carbocycles. The third-order valence-corrected chi connectivity index (χ3v) is 7.98. The minimum absolute atomic E-state index is 0.170. The van der Waals surface area contributed by atoms with Crippen LogP contribution >= 0.6 is 33.9 Å². The smallest absolute Gasteiger partial charge is 0.338 e. The van der Waals surface area contributed by atoms with Gasteiger partial charge in [0.25, 0.3) is 5.56 Å². The zero-order valence-electron chi connectivity index (χ0n) is 24.1. The van der Waals surface area contributed by atoms with Gasteiger partial charge in [0.05, 0.1) is 52.3 Å². The van der Waals surface area contributed by atoms with Crippen molar-refractivity contribution in [2.75, 3.05) is 26.9 Å². The molecule has 0 spiro atoms. The minimum Gasteiger partial charge on any atom is -0.493 e. The summed E-state index contributed by atoms with van der Waals surface area (Å²) >= 11 is 3.27. The number of thiazole rings is 1. The number of methoxy groups -OCH3 is 1. The summed E-state index contributed by atoms with van der Waals surface area (Å²) in [4.78, 5) is 44.0. The number of allylic oxidation sites excluding steroid dienone is 1. The van der Waals surface area contributed by atoms with Crippen molar-refractivity contribution in [3.05, 3.63) is 76.0 Å². The number of hydrogen-bond donors (Lipinski definition) is 0. The molecule has 12 heteroatoms. The summed E-state index contributed by atoms with van der Waals surface area (Å²) in [5.41, 5.74) is 1.71. The number of rotatable bonds is 10. The minimum atomic E-state index is -0.807. The number of esters is 2. The van der Waals surface area contributed by atoms with Gasteiger partial charge in [-0.15, -0.1) is 0 Å². The first-order chi connectivity index (χ1) is 20.1. The normalized spacial score (nSPS) is 14.6. The molecule has 0 radical (unpaired) electrons. The Hall–Kier alpha value is -3.65. The standard InChI is InChI=1S/C30H31IN2O8S/c1-7-38-22-15-19(10-11-21(22)37-6)26-25(29(36)40-9-3)16(4)32-30-33(26)28(35)24(42-30)14-18-12-20(31)27(41-17(5)34)23(13-18)39-8-2/h10-15,26H,7-9H2,1-6H3/b24-14-/t26-/m1/s1. The summed E-state index contributed by atoms with van der Waals surface area (Å²) in [6.07, 6.45) is 1.73. The summed E-state index contributed by atoms with van der Waals surface area (Å²) in [5.74, 6) is 0.714. The Bertz CT molecular complexity index is 1740. The van der Waals surface area contributed by atoms with E-state index < -0.39 is 18.0 Å². The highest BCUT2D eigenvalue weighted by Crippen LogP contribution is 2.37. The molecule has 0 fully saturated rings. The van der Waals surface area contributed by atoms with Crippen molar-refractivity contribution in [3.63, 3.8) is 0 Å². The lowest BCUT2D eigenvalue weighted by molar-refractivity contribution is -0.139. The van der Waals surface area contributed by atoms with Gasteiger partial charge < -0.3 is 23.7 Å². The van der Waals surface area contributed by atoms with Gasteiger partial charge in [-0.05, 0) is 91.8 Å². The summed E-state index contributed by atoms with van der Waals surface area (Å²) in [6.45, 7) is 9.40. The zero-order valence-corrected chi connectivity index (χ0v) is 27.1. The van der Waals surface area contributed by atoms with Crippen LogP contribution in [0.3, 0.4) is 0 Å². The number of carbonyl (C=O) groups is 2. The molecular formula is C30H31IN2O8S. The topological polar surface area (TPSA) is 115 Å². The van der Waals surface area contributed by atoms with Crippen LogP contribution in [0.1, 0.15) is 51.8 Å². The van der Waals surface area contributed by atoms with Crippen molar-refractivity contribution >= 4 is 51.9 Å². The van der Waals surface area contributed by atoms with Gasteiger partial charge in [-0.2, -0.15) is 0 Å². The van der Waals surface area contributed by atoms with E-state index in [1.165, 1.54) is 22.8 Å². The van der Waals surface area contributed by atoms with Crippen LogP contribution in [0.2, 0.25) is 0 Å². The predicted molar refractivity (Wildman–Crippen MR) is 166 cm³/mol. The van der Waals surface area contributed by atoms with E-state index in [-0.39, 0.29) is 17.7 Å². The van der Waals surface area contributed by atoms with E-state index in [1.807, 2.05) is 13.8 Å². The maximum atomic E-state index is 14.0. The number of halogens is 1. The molecule has 1 atom stereocenters. The number of fused-ring (bicyclic) bond motifs is 1. The monoisotopic (exact) mass is 706 g/mol. The van der Waals surface area contributed by atoms with Crippen molar-refractivity contribution in [1.82, 2.24) is 4.57 Å². The molecule has 42 heavy (non-hydrogen) atoms. The van der Waals surface area contributed by atoms with E-state index in [0.29, 0.717) is 65.9 Å². The van der Waals surface area contributed by atoms with Crippen LogP contribution in [-0.2, 0) is 14.3 Å². The van der Waals surface area contributed by atoms with Gasteiger partial charge >= 0.3 is 11.9 Å². The quantitative estimate of drug-likeness (QED) is 0.176. The Morgan fingerprint density at radius 3 is 2.40 bits per heavy atom. The molecule has 0 amide bonds. The Labute approximate surface area is 260 Å². The second-order valence-electron chi connectivity index (χ2n) is 9.00. The molecule has 1 aromatic heterocycles. The van der Waals surface area contributed by atoms with Crippen LogP contribution in [0, 0.1) is 3.57 Å². The average Bonchev–Trinajstić information content (AvgIpc) is 3.24. The molecule has 10 nitrogen and oxygen atoms in total. The van der Waals surface area contributed by atoms with Gasteiger partial charge in [0.1, 0.15) is 0 Å². The van der Waals surface area contributed by atoms with Crippen molar-refractivity contribution in [3.8, 4) is 23.0 Å². The third kappa shape index (κ3) is 6.38. The van der Waals surface area contributed by atoms with E-state index in [0.717, 1.165) is 0 Å². The van der Waals surface area contributed by atoms with Crippen LogP contribution in [0.4, 0.5) is 0 Å². The van der Waals surface area contributed by atoms with Crippen LogP contribution in [0.15, 0.2) is 51.4 Å². The van der Waals surface area contributed by atoms with Crippen molar-refractivity contribution in [2.24, 2.45) is 4.99 Å².